The molecular formula is C10H12FN2Na3O10P2. The van der Waals surface area contributed by atoms with Crippen molar-refractivity contribution in [2.24, 2.45) is 0 Å². The van der Waals surface area contributed by atoms with Crippen molar-refractivity contribution >= 4 is 15.2 Å². The molecule has 1 fully saturated rings. The minimum atomic E-state index is -5.37. The first-order chi connectivity index (χ1) is 11.4. The minimum absolute atomic E-state index is 0. The molecular weight excluding hydrogens is 458 g/mol. The number of aliphatic hydroxyl groups excluding tert-OH is 1. The summed E-state index contributed by atoms with van der Waals surface area (Å²) < 4.78 is 45.3. The van der Waals surface area contributed by atoms with Crippen LogP contribution in [0.4, 0.5) is 4.39 Å². The summed E-state index contributed by atoms with van der Waals surface area (Å²) >= 11 is 0. The van der Waals surface area contributed by atoms with E-state index >= 15 is 0 Å². The van der Waals surface area contributed by atoms with Gasteiger partial charge in [0.1, 0.15) is 19.9 Å². The average Bonchev–Trinajstić information content (AvgIpc) is 2.79. The van der Waals surface area contributed by atoms with Crippen molar-refractivity contribution < 1.29 is 131 Å². The van der Waals surface area contributed by atoms with Crippen LogP contribution in [0.1, 0.15) is 12.6 Å². The maximum Gasteiger partial charge on any atom is 1.00 e. The van der Waals surface area contributed by atoms with E-state index in [1.54, 1.807) is 4.98 Å². The van der Waals surface area contributed by atoms with E-state index in [9.17, 15) is 42.9 Å². The molecule has 0 aliphatic carbocycles. The SMILES string of the molecule is O=c1[nH]c(=O)n([C@H]2C[C@H](O)[C@@H](COP(=O)([O-])CP(=O)([O-])[O-])O2)cc1F.[Na+].[Na+].[Na+]. The third-order valence-corrected chi connectivity index (χ3v) is 6.53. The Kier molecular flexibility index (Phi) is 14.6. The maximum absolute atomic E-state index is 13.3. The number of rotatable bonds is 6. The fraction of sp³-hybridized carbons (Fsp3) is 0.600. The van der Waals surface area contributed by atoms with Gasteiger partial charge >= 0.3 is 94.4 Å². The van der Waals surface area contributed by atoms with Crippen molar-refractivity contribution in [3.8, 4) is 0 Å². The summed E-state index contributed by atoms with van der Waals surface area (Å²) in [5.74, 6) is -3.01. The van der Waals surface area contributed by atoms with Crippen molar-refractivity contribution in [3.05, 3.63) is 32.9 Å². The number of nitrogens with zero attached hydrogens (tertiary/aromatic N) is 1. The Labute approximate surface area is 223 Å². The molecule has 0 bridgehead atoms. The molecule has 2 N–H and O–H groups in total. The van der Waals surface area contributed by atoms with Gasteiger partial charge in [0, 0.05) is 12.3 Å². The summed E-state index contributed by atoms with van der Waals surface area (Å²) in [7, 11) is -10.4. The molecule has 2 rings (SSSR count). The van der Waals surface area contributed by atoms with Gasteiger partial charge in [-0.15, -0.1) is 0 Å². The predicted molar refractivity (Wildman–Crippen MR) is 71.8 cm³/mol. The van der Waals surface area contributed by atoms with Crippen molar-refractivity contribution in [2.75, 3.05) is 12.5 Å². The zero-order chi connectivity index (χ0) is 19.0. The molecule has 1 saturated heterocycles. The van der Waals surface area contributed by atoms with Crippen molar-refractivity contribution in [1.29, 1.82) is 0 Å². The molecule has 0 spiro atoms. The van der Waals surface area contributed by atoms with Crippen LogP contribution >= 0.6 is 15.2 Å². The van der Waals surface area contributed by atoms with E-state index in [4.69, 9.17) is 4.74 Å². The first kappa shape index (κ1) is 32.0. The quantitative estimate of drug-likeness (QED) is 0.298. The molecule has 142 valence electrons. The smallest absolute Gasteiger partial charge is 0.810 e. The first-order valence-electron chi connectivity index (χ1n) is 6.68. The molecule has 1 aliphatic rings. The van der Waals surface area contributed by atoms with Crippen LogP contribution in [0.5, 0.6) is 0 Å². The Morgan fingerprint density at radius 2 is 1.86 bits per heavy atom. The topological polar surface area (TPSA) is 197 Å². The molecule has 1 aromatic rings. The van der Waals surface area contributed by atoms with Crippen LogP contribution in [0.3, 0.4) is 0 Å². The van der Waals surface area contributed by atoms with Crippen LogP contribution in [-0.4, -0.2) is 39.4 Å². The zero-order valence-corrected chi connectivity index (χ0v) is 23.1. The molecule has 1 unspecified atom stereocenters. The summed E-state index contributed by atoms with van der Waals surface area (Å²) in [4.78, 5) is 56.6. The van der Waals surface area contributed by atoms with Crippen LogP contribution in [0.2, 0.25) is 0 Å². The normalized spacial score (nSPS) is 23.7. The van der Waals surface area contributed by atoms with Gasteiger partial charge in [-0.3, -0.25) is 14.3 Å². The summed E-state index contributed by atoms with van der Waals surface area (Å²) in [5, 5.41) is 9.81. The van der Waals surface area contributed by atoms with Gasteiger partial charge in [-0.05, 0) is 0 Å². The van der Waals surface area contributed by atoms with Crippen molar-refractivity contribution in [3.63, 3.8) is 0 Å². The third-order valence-electron chi connectivity index (χ3n) is 3.22. The van der Waals surface area contributed by atoms with E-state index in [0.717, 1.165) is 0 Å². The van der Waals surface area contributed by atoms with Crippen LogP contribution in [0.15, 0.2) is 15.8 Å². The van der Waals surface area contributed by atoms with E-state index in [0.29, 0.717) is 10.8 Å². The van der Waals surface area contributed by atoms with E-state index in [1.807, 2.05) is 0 Å². The van der Waals surface area contributed by atoms with Gasteiger partial charge in [0.25, 0.3) is 5.56 Å². The molecule has 2 heterocycles. The summed E-state index contributed by atoms with van der Waals surface area (Å²) in [6.07, 6.45) is -3.56. The fourth-order valence-corrected chi connectivity index (χ4v) is 4.55. The Hall–Kier alpha value is 1.83. The Bertz CT molecular complexity index is 861. The number of hydrogen-bond acceptors (Lipinski definition) is 10. The minimum Gasteiger partial charge on any atom is -0.810 e. The van der Waals surface area contributed by atoms with E-state index in [1.165, 1.54) is 0 Å². The van der Waals surface area contributed by atoms with Gasteiger partial charge in [0.05, 0.1) is 18.9 Å². The molecule has 12 nitrogen and oxygen atoms in total. The monoisotopic (exact) mass is 470 g/mol. The van der Waals surface area contributed by atoms with Crippen LogP contribution < -0.4 is 115 Å². The Balaban J connectivity index is 0. The largest absolute Gasteiger partial charge is 1.00 e. The van der Waals surface area contributed by atoms with Crippen LogP contribution in [0.25, 0.3) is 0 Å². The molecule has 0 aromatic carbocycles. The number of H-pyrrole nitrogens is 1. The molecule has 4 atom stereocenters. The molecule has 0 radical (unpaired) electrons. The number of aliphatic hydroxyl groups is 1. The average molecular weight is 470 g/mol. The van der Waals surface area contributed by atoms with E-state index < -0.39 is 63.2 Å². The van der Waals surface area contributed by atoms with Gasteiger partial charge in [0.2, 0.25) is 5.82 Å². The predicted octanol–water partition coefficient (Wildman–Crippen LogP) is -12.2. The Morgan fingerprint density at radius 3 is 2.39 bits per heavy atom. The number of nitrogens with one attached hydrogen (secondary N) is 1. The fourth-order valence-electron chi connectivity index (χ4n) is 2.15. The third kappa shape index (κ3) is 9.54. The van der Waals surface area contributed by atoms with Crippen LogP contribution in [0, 0.1) is 5.82 Å². The number of aromatic amines is 1. The zero-order valence-electron chi connectivity index (χ0n) is 15.3. The first-order valence-corrected chi connectivity index (χ1v) is 10.1. The second-order valence-electron chi connectivity index (χ2n) is 5.23. The number of hydrogen-bond donors (Lipinski definition) is 2. The number of halogens is 1. The summed E-state index contributed by atoms with van der Waals surface area (Å²) in [5.41, 5.74) is -2.26. The molecule has 18 heteroatoms. The summed E-state index contributed by atoms with van der Waals surface area (Å²) in [6.45, 7) is -0.820. The second kappa shape index (κ2) is 12.8. The van der Waals surface area contributed by atoms with Gasteiger partial charge in [-0.2, -0.15) is 4.39 Å². The molecule has 1 aliphatic heterocycles. The van der Waals surface area contributed by atoms with Crippen molar-refractivity contribution in [2.45, 2.75) is 24.9 Å². The standard InChI is InChI=1S/C10H15FN2O10P2.3Na/c11-5-2-13(10(16)12-9(5)15)8-1-6(14)7(23-8)3-22-25(20,21)4-24(17,18)19;;;/h2,6-8,14H,1,3-4H2,(H,20,21)(H,12,15,16)(H2,17,18,19);;;/q;3*+1/p-3/t6-,7+,8+;;;/m0.../s1. The van der Waals surface area contributed by atoms with Gasteiger partial charge in [0.15, 0.2) is 0 Å². The maximum atomic E-state index is 13.3. The molecule has 0 saturated carbocycles. The Morgan fingerprint density at radius 1 is 1.29 bits per heavy atom. The molecule has 28 heavy (non-hydrogen) atoms. The molecule has 1 aromatic heterocycles. The van der Waals surface area contributed by atoms with Crippen molar-refractivity contribution in [1.82, 2.24) is 9.55 Å². The number of aromatic nitrogens is 2. The second-order valence-corrected chi connectivity index (χ2v) is 9.07. The molecule has 0 amide bonds. The summed E-state index contributed by atoms with van der Waals surface area (Å²) in [6, 6.07) is 0. The van der Waals surface area contributed by atoms with Crippen LogP contribution in [-0.2, 0) is 18.4 Å². The number of ether oxygens (including phenoxy) is 1. The van der Waals surface area contributed by atoms with E-state index in [-0.39, 0.29) is 95.1 Å². The van der Waals surface area contributed by atoms with Gasteiger partial charge in [-0.1, -0.05) is 7.60 Å². The van der Waals surface area contributed by atoms with Gasteiger partial charge in [-0.25, -0.2) is 4.79 Å². The van der Waals surface area contributed by atoms with Gasteiger partial charge < -0.3 is 38.2 Å². The van der Waals surface area contributed by atoms with E-state index in [2.05, 4.69) is 4.52 Å².